The fourth-order valence-electron chi connectivity index (χ4n) is 2.10. The zero-order valence-corrected chi connectivity index (χ0v) is 10.2. The highest BCUT2D eigenvalue weighted by atomic mass is 32.2. The van der Waals surface area contributed by atoms with Crippen LogP contribution in [0.5, 0.6) is 0 Å². The lowest BCUT2D eigenvalue weighted by atomic mass is 10.2. The van der Waals surface area contributed by atoms with E-state index in [4.69, 9.17) is 4.42 Å². The van der Waals surface area contributed by atoms with E-state index in [1.807, 2.05) is 30.1 Å². The number of furan rings is 1. The number of nitrogens with zero attached hydrogens (tertiary/aromatic N) is 1. The second-order valence-corrected chi connectivity index (χ2v) is 5.74. The summed E-state index contributed by atoms with van der Waals surface area (Å²) in [5.74, 6) is 0.998. The highest BCUT2D eigenvalue weighted by molar-refractivity contribution is 8.01. The van der Waals surface area contributed by atoms with E-state index in [-0.39, 0.29) is 0 Å². The summed E-state index contributed by atoms with van der Waals surface area (Å²) in [5.41, 5.74) is 0.983. The largest absolute Gasteiger partial charge is 0.440 e. The molecule has 1 aliphatic heterocycles. The summed E-state index contributed by atoms with van der Waals surface area (Å²) in [6.07, 6.45) is 2.56. The van der Waals surface area contributed by atoms with E-state index >= 15 is 0 Å². The van der Waals surface area contributed by atoms with Crippen LogP contribution in [0.3, 0.4) is 0 Å². The van der Waals surface area contributed by atoms with Crippen molar-refractivity contribution in [3.63, 3.8) is 0 Å². The summed E-state index contributed by atoms with van der Waals surface area (Å²) < 4.78 is 8.15. The minimum Gasteiger partial charge on any atom is -0.440 e. The van der Waals surface area contributed by atoms with E-state index in [2.05, 4.69) is 23.4 Å². The van der Waals surface area contributed by atoms with Crippen LogP contribution in [0.1, 0.15) is 19.8 Å². The number of fused-ring (bicyclic) bond motifs is 1. The van der Waals surface area contributed by atoms with Gasteiger partial charge in [-0.2, -0.15) is 0 Å². The van der Waals surface area contributed by atoms with Gasteiger partial charge in [0, 0.05) is 23.2 Å². The first-order valence-corrected chi connectivity index (χ1v) is 6.59. The van der Waals surface area contributed by atoms with Crippen LogP contribution in [-0.4, -0.2) is 11.8 Å². The minimum atomic E-state index is 0.696. The first-order valence-electron chi connectivity index (χ1n) is 5.76. The lowest BCUT2D eigenvalue weighted by Gasteiger charge is -2.28. The van der Waals surface area contributed by atoms with Gasteiger partial charge in [0.25, 0.3) is 0 Å². The van der Waals surface area contributed by atoms with Gasteiger partial charge in [-0.25, -0.2) is 0 Å². The van der Waals surface area contributed by atoms with E-state index in [1.54, 1.807) is 0 Å². The first-order chi connectivity index (χ1) is 7.83. The molecule has 2 nitrogen and oxygen atoms in total. The maximum atomic E-state index is 5.86. The van der Waals surface area contributed by atoms with E-state index in [9.17, 15) is 0 Å². The van der Waals surface area contributed by atoms with Gasteiger partial charge in [-0.05, 0) is 30.9 Å². The van der Waals surface area contributed by atoms with Gasteiger partial charge in [0.2, 0.25) is 5.88 Å². The van der Waals surface area contributed by atoms with E-state index in [1.165, 1.54) is 18.2 Å². The molecule has 0 saturated carbocycles. The van der Waals surface area contributed by atoms with Crippen molar-refractivity contribution in [3.8, 4) is 0 Å². The SMILES string of the molecule is CC1CCCN(c2cc3ccccc3o2)S1. The Morgan fingerprint density at radius 3 is 3.06 bits per heavy atom. The van der Waals surface area contributed by atoms with Gasteiger partial charge >= 0.3 is 0 Å². The number of rotatable bonds is 1. The Hall–Kier alpha value is -1.09. The van der Waals surface area contributed by atoms with Crippen LogP contribution in [-0.2, 0) is 0 Å². The van der Waals surface area contributed by atoms with Crippen LogP contribution in [0.25, 0.3) is 11.0 Å². The molecule has 2 aromatic rings. The Morgan fingerprint density at radius 1 is 1.38 bits per heavy atom. The third-order valence-electron chi connectivity index (χ3n) is 2.94. The highest BCUT2D eigenvalue weighted by Gasteiger charge is 2.20. The molecule has 1 aromatic heterocycles. The maximum absolute atomic E-state index is 5.86. The molecule has 1 aliphatic rings. The third kappa shape index (κ3) is 1.80. The summed E-state index contributed by atoms with van der Waals surface area (Å²) >= 11 is 1.89. The molecule has 1 atom stereocenters. The van der Waals surface area contributed by atoms with Crippen LogP contribution in [0, 0.1) is 0 Å². The van der Waals surface area contributed by atoms with Crippen molar-refractivity contribution >= 4 is 28.8 Å². The Labute approximate surface area is 99.7 Å². The molecule has 0 radical (unpaired) electrons. The summed E-state index contributed by atoms with van der Waals surface area (Å²) in [5, 5.41) is 1.89. The van der Waals surface area contributed by atoms with Gasteiger partial charge in [0.05, 0.1) is 0 Å². The highest BCUT2D eigenvalue weighted by Crippen LogP contribution is 2.35. The average Bonchev–Trinajstić information content (AvgIpc) is 2.72. The van der Waals surface area contributed by atoms with Crippen LogP contribution in [0.15, 0.2) is 34.7 Å². The molecule has 84 valence electrons. The average molecular weight is 233 g/mol. The molecule has 0 N–H and O–H groups in total. The van der Waals surface area contributed by atoms with E-state index < -0.39 is 0 Å². The van der Waals surface area contributed by atoms with Crippen LogP contribution >= 0.6 is 11.9 Å². The molecular formula is C13H15NOS. The zero-order valence-electron chi connectivity index (χ0n) is 9.35. The zero-order chi connectivity index (χ0) is 11.0. The number of anilines is 1. The van der Waals surface area contributed by atoms with Crippen molar-refractivity contribution in [3.05, 3.63) is 30.3 Å². The van der Waals surface area contributed by atoms with Crippen LogP contribution in [0.2, 0.25) is 0 Å². The standard InChI is InChI=1S/C13H15NOS/c1-10-5-4-8-14(16-10)13-9-11-6-2-3-7-12(11)15-13/h2-3,6-7,9-10H,4-5,8H2,1H3. The Kier molecular flexibility index (Phi) is 2.56. The predicted octanol–water partition coefficient (Wildman–Crippen LogP) is 4.07. The maximum Gasteiger partial charge on any atom is 0.206 e. The van der Waals surface area contributed by atoms with Crippen LogP contribution in [0.4, 0.5) is 5.88 Å². The molecule has 0 amide bonds. The molecule has 1 saturated heterocycles. The van der Waals surface area contributed by atoms with Crippen molar-refractivity contribution in [2.75, 3.05) is 10.8 Å². The summed E-state index contributed by atoms with van der Waals surface area (Å²) in [6.45, 7) is 3.37. The Balaban J connectivity index is 1.93. The monoisotopic (exact) mass is 233 g/mol. The Bertz CT molecular complexity index is 460. The third-order valence-corrected chi connectivity index (χ3v) is 4.15. The van der Waals surface area contributed by atoms with Gasteiger partial charge in [0.1, 0.15) is 5.58 Å². The van der Waals surface area contributed by atoms with Gasteiger partial charge in [0.15, 0.2) is 0 Å². The molecule has 1 aromatic carbocycles. The van der Waals surface area contributed by atoms with Gasteiger partial charge in [-0.3, -0.25) is 4.31 Å². The van der Waals surface area contributed by atoms with Gasteiger partial charge < -0.3 is 4.42 Å². The number of hydrogen-bond acceptors (Lipinski definition) is 3. The minimum absolute atomic E-state index is 0.696. The molecule has 1 unspecified atom stereocenters. The van der Waals surface area contributed by atoms with Crippen molar-refractivity contribution in [2.45, 2.75) is 25.0 Å². The molecule has 2 heterocycles. The van der Waals surface area contributed by atoms with Gasteiger partial charge in [-0.1, -0.05) is 25.1 Å². The summed E-state index contributed by atoms with van der Waals surface area (Å²) in [7, 11) is 0. The first kappa shape index (κ1) is 10.1. The van der Waals surface area contributed by atoms with Crippen molar-refractivity contribution in [2.24, 2.45) is 0 Å². The Morgan fingerprint density at radius 2 is 2.25 bits per heavy atom. The lowest BCUT2D eigenvalue weighted by molar-refractivity contribution is 0.599. The normalized spacial score (nSPS) is 21.6. The van der Waals surface area contributed by atoms with Crippen molar-refractivity contribution < 1.29 is 4.42 Å². The summed E-state index contributed by atoms with van der Waals surface area (Å²) in [6, 6.07) is 10.3. The topological polar surface area (TPSA) is 16.4 Å². The summed E-state index contributed by atoms with van der Waals surface area (Å²) in [4.78, 5) is 0. The smallest absolute Gasteiger partial charge is 0.206 e. The fraction of sp³-hybridized carbons (Fsp3) is 0.385. The van der Waals surface area contributed by atoms with Crippen molar-refractivity contribution in [1.82, 2.24) is 0 Å². The molecule has 0 aliphatic carbocycles. The number of para-hydroxylation sites is 1. The molecular weight excluding hydrogens is 218 g/mol. The number of hydrogen-bond donors (Lipinski definition) is 0. The predicted molar refractivity (Wildman–Crippen MR) is 69.8 cm³/mol. The second kappa shape index (κ2) is 4.06. The lowest BCUT2D eigenvalue weighted by Crippen LogP contribution is -2.24. The fourth-order valence-corrected chi connectivity index (χ4v) is 3.23. The van der Waals surface area contributed by atoms with Gasteiger partial charge in [-0.15, -0.1) is 0 Å². The second-order valence-electron chi connectivity index (χ2n) is 4.28. The molecule has 0 bridgehead atoms. The molecule has 1 fully saturated rings. The molecule has 3 rings (SSSR count). The van der Waals surface area contributed by atoms with Crippen LogP contribution < -0.4 is 4.31 Å². The molecule has 0 spiro atoms. The quantitative estimate of drug-likeness (QED) is 0.691. The number of benzene rings is 1. The van der Waals surface area contributed by atoms with E-state index in [0.29, 0.717) is 5.25 Å². The molecule has 3 heteroatoms. The van der Waals surface area contributed by atoms with Crippen molar-refractivity contribution in [1.29, 1.82) is 0 Å². The van der Waals surface area contributed by atoms with E-state index in [0.717, 1.165) is 18.0 Å². The molecule has 16 heavy (non-hydrogen) atoms.